The highest BCUT2D eigenvalue weighted by Crippen LogP contribution is 2.22. The molecule has 0 spiro atoms. The van der Waals surface area contributed by atoms with Gasteiger partial charge in [0.25, 0.3) is 0 Å². The first-order valence-corrected chi connectivity index (χ1v) is 5.91. The van der Waals surface area contributed by atoms with Crippen LogP contribution in [0.25, 0.3) is 0 Å². The average Bonchev–Trinajstić information content (AvgIpc) is 2.38. The lowest BCUT2D eigenvalue weighted by Crippen LogP contribution is -2.34. The summed E-state index contributed by atoms with van der Waals surface area (Å²) in [6.45, 7) is 3.70. The third-order valence-corrected chi connectivity index (χ3v) is 3.08. The fourth-order valence-electron chi connectivity index (χ4n) is 2.08. The molecule has 0 radical (unpaired) electrons. The standard InChI is InChI=1S/C12H17N5/c1-9-15-11(14-2)7-12(16-9)17-5-3-10(8-13)4-6-17/h7,10H,3-6H2,1-2H3,(H,14,15,16). The summed E-state index contributed by atoms with van der Waals surface area (Å²) in [5, 5.41) is 11.9. The van der Waals surface area contributed by atoms with Gasteiger partial charge in [0.2, 0.25) is 0 Å². The lowest BCUT2D eigenvalue weighted by Gasteiger charge is -2.30. The molecule has 0 atom stereocenters. The minimum atomic E-state index is 0.206. The van der Waals surface area contributed by atoms with Crippen LogP contribution in [0.5, 0.6) is 0 Å². The molecule has 0 bridgehead atoms. The van der Waals surface area contributed by atoms with Crippen molar-refractivity contribution in [3.8, 4) is 6.07 Å². The summed E-state index contributed by atoms with van der Waals surface area (Å²) < 4.78 is 0. The van der Waals surface area contributed by atoms with E-state index in [1.54, 1.807) is 0 Å². The molecule has 17 heavy (non-hydrogen) atoms. The van der Waals surface area contributed by atoms with Gasteiger partial charge in [0.15, 0.2) is 0 Å². The van der Waals surface area contributed by atoms with Crippen LogP contribution in [0.15, 0.2) is 6.07 Å². The van der Waals surface area contributed by atoms with E-state index in [0.717, 1.165) is 43.4 Å². The van der Waals surface area contributed by atoms with Crippen molar-refractivity contribution in [2.75, 3.05) is 30.4 Å². The third kappa shape index (κ3) is 2.64. The van der Waals surface area contributed by atoms with Crippen LogP contribution in [0.1, 0.15) is 18.7 Å². The van der Waals surface area contributed by atoms with Crippen molar-refractivity contribution in [1.29, 1.82) is 5.26 Å². The Kier molecular flexibility index (Phi) is 3.43. The zero-order valence-corrected chi connectivity index (χ0v) is 10.3. The van der Waals surface area contributed by atoms with Gasteiger partial charge < -0.3 is 10.2 Å². The number of rotatable bonds is 2. The molecule has 1 aliphatic heterocycles. The summed E-state index contributed by atoms with van der Waals surface area (Å²) in [6, 6.07) is 4.30. The Labute approximate surface area is 101 Å². The van der Waals surface area contributed by atoms with Gasteiger partial charge >= 0.3 is 0 Å². The number of piperidine rings is 1. The molecule has 1 aromatic heterocycles. The molecule has 90 valence electrons. The quantitative estimate of drug-likeness (QED) is 0.837. The monoisotopic (exact) mass is 231 g/mol. The molecule has 1 fully saturated rings. The first kappa shape index (κ1) is 11.6. The molecule has 2 heterocycles. The Bertz CT molecular complexity index is 429. The minimum Gasteiger partial charge on any atom is -0.373 e. The van der Waals surface area contributed by atoms with Gasteiger partial charge in [-0.05, 0) is 19.8 Å². The molecule has 0 aromatic carbocycles. The van der Waals surface area contributed by atoms with E-state index in [-0.39, 0.29) is 5.92 Å². The fourth-order valence-corrected chi connectivity index (χ4v) is 2.08. The molecule has 2 rings (SSSR count). The van der Waals surface area contributed by atoms with Crippen LogP contribution in [-0.4, -0.2) is 30.1 Å². The SMILES string of the molecule is CNc1cc(N2CCC(C#N)CC2)nc(C)n1. The smallest absolute Gasteiger partial charge is 0.134 e. The maximum absolute atomic E-state index is 8.87. The number of hydrogen-bond acceptors (Lipinski definition) is 5. The Balaban J connectivity index is 2.13. The molecule has 1 saturated heterocycles. The zero-order valence-electron chi connectivity index (χ0n) is 10.3. The van der Waals surface area contributed by atoms with Crippen molar-refractivity contribution in [3.05, 3.63) is 11.9 Å². The fraction of sp³-hybridized carbons (Fsp3) is 0.583. The molecular weight excluding hydrogens is 214 g/mol. The second kappa shape index (κ2) is 5.00. The summed E-state index contributed by atoms with van der Waals surface area (Å²) in [6.07, 6.45) is 1.85. The van der Waals surface area contributed by atoms with Crippen LogP contribution >= 0.6 is 0 Å². The molecular formula is C12H17N5. The minimum absolute atomic E-state index is 0.206. The molecule has 5 heteroatoms. The van der Waals surface area contributed by atoms with Crippen molar-refractivity contribution in [2.45, 2.75) is 19.8 Å². The predicted octanol–water partition coefficient (Wildman–Crippen LogP) is 1.57. The largest absolute Gasteiger partial charge is 0.373 e. The van der Waals surface area contributed by atoms with Crippen molar-refractivity contribution in [2.24, 2.45) is 5.92 Å². The van der Waals surface area contributed by atoms with E-state index in [9.17, 15) is 0 Å². The van der Waals surface area contributed by atoms with Gasteiger partial charge in [0.1, 0.15) is 17.5 Å². The normalized spacial score (nSPS) is 16.6. The Hall–Kier alpha value is -1.83. The molecule has 1 aliphatic rings. The lowest BCUT2D eigenvalue weighted by molar-refractivity contribution is 0.485. The Morgan fingerprint density at radius 2 is 2.12 bits per heavy atom. The number of aryl methyl sites for hydroxylation is 1. The third-order valence-electron chi connectivity index (χ3n) is 3.08. The molecule has 0 unspecified atom stereocenters. The van der Waals surface area contributed by atoms with Gasteiger partial charge in [0, 0.05) is 32.1 Å². The van der Waals surface area contributed by atoms with E-state index in [0.29, 0.717) is 0 Å². The first-order valence-electron chi connectivity index (χ1n) is 5.91. The summed E-state index contributed by atoms with van der Waals surface area (Å²) in [5.74, 6) is 2.78. The number of anilines is 2. The van der Waals surface area contributed by atoms with Crippen LogP contribution < -0.4 is 10.2 Å². The van der Waals surface area contributed by atoms with Crippen LogP contribution in [0.3, 0.4) is 0 Å². The summed E-state index contributed by atoms with van der Waals surface area (Å²) in [7, 11) is 1.85. The number of nitrogens with zero attached hydrogens (tertiary/aromatic N) is 4. The first-order chi connectivity index (χ1) is 8.22. The lowest BCUT2D eigenvalue weighted by atomic mass is 9.99. The maximum atomic E-state index is 8.87. The van der Waals surface area contributed by atoms with Crippen LogP contribution in [0, 0.1) is 24.2 Å². The molecule has 0 amide bonds. The highest BCUT2D eigenvalue weighted by atomic mass is 15.2. The van der Waals surface area contributed by atoms with Crippen LogP contribution in [0.4, 0.5) is 11.6 Å². The van der Waals surface area contributed by atoms with E-state index in [1.165, 1.54) is 0 Å². The van der Waals surface area contributed by atoms with Gasteiger partial charge in [-0.25, -0.2) is 9.97 Å². The second-order valence-corrected chi connectivity index (χ2v) is 4.30. The van der Waals surface area contributed by atoms with Crippen molar-refractivity contribution in [3.63, 3.8) is 0 Å². The number of nitriles is 1. The molecule has 0 saturated carbocycles. The van der Waals surface area contributed by atoms with Gasteiger partial charge in [-0.1, -0.05) is 0 Å². The van der Waals surface area contributed by atoms with E-state index in [4.69, 9.17) is 5.26 Å². The van der Waals surface area contributed by atoms with E-state index >= 15 is 0 Å². The maximum Gasteiger partial charge on any atom is 0.134 e. The van der Waals surface area contributed by atoms with E-state index in [1.807, 2.05) is 20.0 Å². The van der Waals surface area contributed by atoms with Gasteiger partial charge in [-0.2, -0.15) is 5.26 Å². The van der Waals surface area contributed by atoms with Crippen LogP contribution in [-0.2, 0) is 0 Å². The number of aromatic nitrogens is 2. The Morgan fingerprint density at radius 1 is 1.41 bits per heavy atom. The average molecular weight is 231 g/mol. The van der Waals surface area contributed by atoms with Gasteiger partial charge in [-0.3, -0.25) is 0 Å². The summed E-state index contributed by atoms with van der Waals surface area (Å²) >= 11 is 0. The second-order valence-electron chi connectivity index (χ2n) is 4.30. The number of nitrogens with one attached hydrogen (secondary N) is 1. The van der Waals surface area contributed by atoms with Gasteiger partial charge in [-0.15, -0.1) is 0 Å². The van der Waals surface area contributed by atoms with E-state index < -0.39 is 0 Å². The topological polar surface area (TPSA) is 64.8 Å². The highest BCUT2D eigenvalue weighted by Gasteiger charge is 2.20. The summed E-state index contributed by atoms with van der Waals surface area (Å²) in [5.41, 5.74) is 0. The number of hydrogen-bond donors (Lipinski definition) is 1. The Morgan fingerprint density at radius 3 is 2.71 bits per heavy atom. The summed E-state index contributed by atoms with van der Waals surface area (Å²) in [4.78, 5) is 11.0. The van der Waals surface area contributed by atoms with E-state index in [2.05, 4.69) is 26.3 Å². The molecule has 1 N–H and O–H groups in total. The van der Waals surface area contributed by atoms with Crippen molar-refractivity contribution >= 4 is 11.6 Å². The van der Waals surface area contributed by atoms with Crippen molar-refractivity contribution < 1.29 is 0 Å². The molecule has 0 aliphatic carbocycles. The van der Waals surface area contributed by atoms with Crippen molar-refractivity contribution in [1.82, 2.24) is 9.97 Å². The zero-order chi connectivity index (χ0) is 12.3. The molecule has 1 aromatic rings. The highest BCUT2D eigenvalue weighted by molar-refractivity contribution is 5.49. The van der Waals surface area contributed by atoms with Gasteiger partial charge in [0.05, 0.1) is 6.07 Å². The van der Waals surface area contributed by atoms with Crippen LogP contribution in [0.2, 0.25) is 0 Å². The predicted molar refractivity (Wildman–Crippen MR) is 66.9 cm³/mol. The molecule has 5 nitrogen and oxygen atoms in total.